The second-order valence-electron chi connectivity index (χ2n) is 4.89. The lowest BCUT2D eigenvalue weighted by atomic mass is 10.1. The van der Waals surface area contributed by atoms with Crippen LogP contribution in [0.15, 0.2) is 30.3 Å². The van der Waals surface area contributed by atoms with E-state index in [-0.39, 0.29) is 0 Å². The summed E-state index contributed by atoms with van der Waals surface area (Å²) in [5.41, 5.74) is 3.06. The van der Waals surface area contributed by atoms with Crippen LogP contribution in [0.4, 0.5) is 0 Å². The molecule has 0 saturated heterocycles. The van der Waals surface area contributed by atoms with E-state index < -0.39 is 6.10 Å². The number of ether oxygens (including phenoxy) is 1. The highest BCUT2D eigenvalue weighted by Gasteiger charge is 2.06. The molecule has 0 amide bonds. The summed E-state index contributed by atoms with van der Waals surface area (Å²) in [6.07, 6.45) is 1.25. The smallest absolute Gasteiger partial charge is 0.130 e. The quantitative estimate of drug-likeness (QED) is 0.881. The van der Waals surface area contributed by atoms with E-state index in [0.29, 0.717) is 6.61 Å². The van der Waals surface area contributed by atoms with Crippen molar-refractivity contribution in [1.29, 1.82) is 0 Å². The molecule has 2 rings (SSSR count). The van der Waals surface area contributed by atoms with E-state index in [0.717, 1.165) is 35.5 Å². The molecule has 0 aliphatic heterocycles. The summed E-state index contributed by atoms with van der Waals surface area (Å²) in [4.78, 5) is 0. The van der Waals surface area contributed by atoms with Gasteiger partial charge in [-0.1, -0.05) is 26.0 Å². The normalized spacial score (nSPS) is 12.4. The van der Waals surface area contributed by atoms with Crippen LogP contribution in [0.5, 0.6) is 5.75 Å². The minimum absolute atomic E-state index is 0.395. The second kappa shape index (κ2) is 6.57. The predicted octanol–water partition coefficient (Wildman–Crippen LogP) is 3.00. The van der Waals surface area contributed by atoms with Crippen molar-refractivity contribution in [3.63, 3.8) is 0 Å². The van der Waals surface area contributed by atoms with Crippen molar-refractivity contribution in [2.75, 3.05) is 0 Å². The van der Waals surface area contributed by atoms with Gasteiger partial charge in [-0.25, -0.2) is 0 Å². The summed E-state index contributed by atoms with van der Waals surface area (Å²) < 4.78 is 7.61. The van der Waals surface area contributed by atoms with Crippen LogP contribution in [0, 0.1) is 0 Å². The van der Waals surface area contributed by atoms with Crippen molar-refractivity contribution < 1.29 is 9.84 Å². The minimum atomic E-state index is -0.395. The SMILES string of the molecule is CCc1cc(COc2ccc([C@@H](O)CC)cc2)n(C)n1. The summed E-state index contributed by atoms with van der Waals surface area (Å²) in [7, 11) is 1.93. The Labute approximate surface area is 120 Å². The summed E-state index contributed by atoms with van der Waals surface area (Å²) in [5, 5.41) is 14.1. The van der Waals surface area contributed by atoms with Crippen LogP contribution in [0.3, 0.4) is 0 Å². The summed E-state index contributed by atoms with van der Waals surface area (Å²) in [5.74, 6) is 0.802. The van der Waals surface area contributed by atoms with Crippen LogP contribution in [0.1, 0.15) is 43.3 Å². The van der Waals surface area contributed by atoms with Gasteiger partial charge < -0.3 is 9.84 Å². The molecule has 0 aliphatic rings. The van der Waals surface area contributed by atoms with Crippen molar-refractivity contribution in [2.24, 2.45) is 7.05 Å². The maximum Gasteiger partial charge on any atom is 0.130 e. The first-order valence-electron chi connectivity index (χ1n) is 7.06. The van der Waals surface area contributed by atoms with E-state index in [1.807, 2.05) is 42.9 Å². The second-order valence-corrected chi connectivity index (χ2v) is 4.89. The number of aryl methyl sites for hydroxylation is 2. The number of nitrogens with zero attached hydrogens (tertiary/aromatic N) is 2. The minimum Gasteiger partial charge on any atom is -0.487 e. The van der Waals surface area contributed by atoms with Gasteiger partial charge in [0.15, 0.2) is 0 Å². The fourth-order valence-corrected chi connectivity index (χ4v) is 2.06. The van der Waals surface area contributed by atoms with Gasteiger partial charge in [-0.2, -0.15) is 5.10 Å². The molecule has 4 nitrogen and oxygen atoms in total. The number of hydrogen-bond donors (Lipinski definition) is 1. The van der Waals surface area contributed by atoms with E-state index in [4.69, 9.17) is 4.74 Å². The Bertz CT molecular complexity index is 546. The molecular weight excluding hydrogens is 252 g/mol. The third-order valence-electron chi connectivity index (χ3n) is 3.43. The van der Waals surface area contributed by atoms with E-state index in [2.05, 4.69) is 18.1 Å². The molecule has 0 unspecified atom stereocenters. The van der Waals surface area contributed by atoms with Gasteiger partial charge >= 0.3 is 0 Å². The molecule has 1 aromatic carbocycles. The van der Waals surface area contributed by atoms with E-state index >= 15 is 0 Å². The summed E-state index contributed by atoms with van der Waals surface area (Å²) >= 11 is 0. The number of hydrogen-bond acceptors (Lipinski definition) is 3. The average molecular weight is 274 g/mol. The van der Waals surface area contributed by atoms with Crippen molar-refractivity contribution >= 4 is 0 Å². The Morgan fingerprint density at radius 2 is 1.95 bits per heavy atom. The lowest BCUT2D eigenvalue weighted by Crippen LogP contribution is -2.03. The monoisotopic (exact) mass is 274 g/mol. The van der Waals surface area contributed by atoms with Gasteiger partial charge in [-0.05, 0) is 36.6 Å². The van der Waals surface area contributed by atoms with Crippen molar-refractivity contribution in [3.8, 4) is 5.75 Å². The average Bonchev–Trinajstić information content (AvgIpc) is 2.85. The highest BCUT2D eigenvalue weighted by atomic mass is 16.5. The first-order valence-corrected chi connectivity index (χ1v) is 7.06. The molecule has 0 aliphatic carbocycles. The third kappa shape index (κ3) is 3.39. The highest BCUT2D eigenvalue weighted by molar-refractivity contribution is 5.28. The van der Waals surface area contributed by atoms with Crippen molar-refractivity contribution in [1.82, 2.24) is 9.78 Å². The van der Waals surface area contributed by atoms with Crippen molar-refractivity contribution in [3.05, 3.63) is 47.3 Å². The number of benzene rings is 1. The zero-order valence-electron chi connectivity index (χ0n) is 12.3. The topological polar surface area (TPSA) is 47.3 Å². The standard InChI is InChI=1S/C16H22N2O2/c1-4-13-10-14(18(3)17-13)11-20-15-8-6-12(7-9-15)16(19)5-2/h6-10,16,19H,4-5,11H2,1-3H3/t16-/m0/s1. The van der Waals surface area contributed by atoms with Gasteiger partial charge in [0.1, 0.15) is 12.4 Å². The molecule has 4 heteroatoms. The highest BCUT2D eigenvalue weighted by Crippen LogP contribution is 2.20. The van der Waals surface area contributed by atoms with Gasteiger partial charge in [-0.3, -0.25) is 4.68 Å². The van der Waals surface area contributed by atoms with Crippen molar-refractivity contribution in [2.45, 2.75) is 39.4 Å². The lowest BCUT2D eigenvalue weighted by Gasteiger charge is -2.10. The number of aliphatic hydroxyl groups excluding tert-OH is 1. The molecule has 0 saturated carbocycles. The van der Waals surface area contributed by atoms with E-state index in [1.165, 1.54) is 0 Å². The molecule has 0 spiro atoms. The molecule has 1 atom stereocenters. The van der Waals surface area contributed by atoms with Crippen LogP contribution in [0.2, 0.25) is 0 Å². The Morgan fingerprint density at radius 1 is 1.25 bits per heavy atom. The maximum atomic E-state index is 9.74. The molecule has 1 N–H and O–H groups in total. The van der Waals surface area contributed by atoms with Gasteiger partial charge in [0.25, 0.3) is 0 Å². The molecular formula is C16H22N2O2. The lowest BCUT2D eigenvalue weighted by molar-refractivity contribution is 0.173. The van der Waals surface area contributed by atoms with Gasteiger partial charge in [0.2, 0.25) is 0 Å². The molecule has 0 bridgehead atoms. The fourth-order valence-electron chi connectivity index (χ4n) is 2.06. The Morgan fingerprint density at radius 3 is 2.50 bits per heavy atom. The van der Waals surface area contributed by atoms with Gasteiger partial charge in [-0.15, -0.1) is 0 Å². The van der Waals surface area contributed by atoms with Crippen LogP contribution in [-0.4, -0.2) is 14.9 Å². The zero-order chi connectivity index (χ0) is 14.5. The molecule has 0 radical (unpaired) electrons. The molecule has 108 valence electrons. The van der Waals surface area contributed by atoms with E-state index in [1.54, 1.807) is 0 Å². The zero-order valence-corrected chi connectivity index (χ0v) is 12.3. The summed E-state index contributed by atoms with van der Waals surface area (Å²) in [6, 6.07) is 9.67. The Kier molecular flexibility index (Phi) is 4.79. The molecule has 20 heavy (non-hydrogen) atoms. The first-order chi connectivity index (χ1) is 9.63. The maximum absolute atomic E-state index is 9.74. The van der Waals surface area contributed by atoms with Crippen LogP contribution >= 0.6 is 0 Å². The molecule has 0 fully saturated rings. The number of rotatable bonds is 6. The molecule has 1 aromatic heterocycles. The van der Waals surface area contributed by atoms with Gasteiger partial charge in [0, 0.05) is 7.05 Å². The predicted molar refractivity (Wildman–Crippen MR) is 78.6 cm³/mol. The summed E-state index contributed by atoms with van der Waals surface area (Å²) in [6.45, 7) is 4.55. The third-order valence-corrected chi connectivity index (χ3v) is 3.43. The fraction of sp³-hybridized carbons (Fsp3) is 0.438. The first kappa shape index (κ1) is 14.6. The Hall–Kier alpha value is -1.81. The molecule has 1 heterocycles. The molecule has 2 aromatic rings. The number of aliphatic hydroxyl groups is 1. The largest absolute Gasteiger partial charge is 0.487 e. The Balaban J connectivity index is 1.98. The van der Waals surface area contributed by atoms with E-state index in [9.17, 15) is 5.11 Å². The van der Waals surface area contributed by atoms with Gasteiger partial charge in [0.05, 0.1) is 17.5 Å². The van der Waals surface area contributed by atoms with Crippen LogP contribution in [0.25, 0.3) is 0 Å². The van der Waals surface area contributed by atoms with Crippen LogP contribution in [-0.2, 0) is 20.1 Å². The van der Waals surface area contributed by atoms with Crippen LogP contribution < -0.4 is 4.74 Å². The number of aromatic nitrogens is 2.